The number of nitrogen functional groups attached to an aromatic ring is 1. The number of hydrogen-bond donors (Lipinski definition) is 1. The van der Waals surface area contributed by atoms with Crippen LogP contribution in [0.25, 0.3) is 10.9 Å². The number of nitrogens with zero attached hydrogens (tertiary/aromatic N) is 3. The Morgan fingerprint density at radius 3 is 2.61 bits per heavy atom. The van der Waals surface area contributed by atoms with E-state index in [1.807, 2.05) is 36.2 Å². The predicted molar refractivity (Wildman–Crippen MR) is 85.5 cm³/mol. The second-order valence-electron chi connectivity index (χ2n) is 5.45. The quantitative estimate of drug-likeness (QED) is 0.804. The van der Waals surface area contributed by atoms with Crippen molar-refractivity contribution in [2.75, 3.05) is 12.8 Å². The highest BCUT2D eigenvalue weighted by Gasteiger charge is 2.10. The Balaban J connectivity index is 1.78. The van der Waals surface area contributed by atoms with Gasteiger partial charge in [0, 0.05) is 23.6 Å². The molecule has 0 aliphatic heterocycles. The van der Waals surface area contributed by atoms with Crippen molar-refractivity contribution in [3.05, 3.63) is 65.5 Å². The van der Waals surface area contributed by atoms with E-state index in [2.05, 4.69) is 9.97 Å². The van der Waals surface area contributed by atoms with Crippen LogP contribution in [0.4, 0.5) is 14.6 Å². The smallest absolute Gasteiger partial charge is 0.145 e. The Kier molecular flexibility index (Phi) is 4.16. The van der Waals surface area contributed by atoms with Gasteiger partial charge in [0.05, 0.1) is 12.1 Å². The summed E-state index contributed by atoms with van der Waals surface area (Å²) in [6, 6.07) is 11.1. The second kappa shape index (κ2) is 6.26. The molecule has 0 atom stereocenters. The lowest BCUT2D eigenvalue weighted by atomic mass is 10.2. The number of benzene rings is 2. The van der Waals surface area contributed by atoms with Gasteiger partial charge in [0.1, 0.15) is 23.3 Å². The van der Waals surface area contributed by atoms with Gasteiger partial charge in [-0.05, 0) is 25.2 Å². The highest BCUT2D eigenvalue weighted by Crippen LogP contribution is 2.18. The summed E-state index contributed by atoms with van der Waals surface area (Å²) in [7, 11) is 1.82. The lowest BCUT2D eigenvalue weighted by Gasteiger charge is -2.16. The van der Waals surface area contributed by atoms with E-state index < -0.39 is 11.6 Å². The minimum Gasteiger partial charge on any atom is -0.383 e. The molecule has 4 nitrogen and oxygen atoms in total. The van der Waals surface area contributed by atoms with Crippen LogP contribution in [0.3, 0.4) is 0 Å². The molecule has 0 saturated heterocycles. The summed E-state index contributed by atoms with van der Waals surface area (Å²) in [5.41, 5.74) is 7.15. The van der Waals surface area contributed by atoms with E-state index in [1.165, 1.54) is 12.1 Å². The normalized spacial score (nSPS) is 11.3. The zero-order valence-electron chi connectivity index (χ0n) is 12.6. The molecule has 3 rings (SSSR count). The number of aromatic nitrogens is 2. The van der Waals surface area contributed by atoms with Gasteiger partial charge in [0.25, 0.3) is 0 Å². The van der Waals surface area contributed by atoms with Gasteiger partial charge in [-0.15, -0.1) is 0 Å². The van der Waals surface area contributed by atoms with Crippen molar-refractivity contribution in [3.8, 4) is 0 Å². The molecule has 1 aromatic heterocycles. The molecule has 0 bridgehead atoms. The third kappa shape index (κ3) is 3.43. The summed E-state index contributed by atoms with van der Waals surface area (Å²) >= 11 is 0. The van der Waals surface area contributed by atoms with Gasteiger partial charge < -0.3 is 5.73 Å². The average Bonchev–Trinajstić information content (AvgIpc) is 2.50. The van der Waals surface area contributed by atoms with Crippen LogP contribution in [0.2, 0.25) is 0 Å². The molecule has 1 heterocycles. The number of anilines is 1. The van der Waals surface area contributed by atoms with Crippen LogP contribution in [-0.2, 0) is 13.1 Å². The zero-order chi connectivity index (χ0) is 16.4. The molecule has 0 spiro atoms. The number of para-hydroxylation sites is 1. The van der Waals surface area contributed by atoms with Gasteiger partial charge in [0.15, 0.2) is 0 Å². The first-order chi connectivity index (χ1) is 11.0. The lowest BCUT2D eigenvalue weighted by molar-refractivity contribution is 0.305. The summed E-state index contributed by atoms with van der Waals surface area (Å²) in [4.78, 5) is 10.6. The highest BCUT2D eigenvalue weighted by molar-refractivity contribution is 5.87. The standard InChI is InChI=1S/C17H16F2N4/c1-23(9-11-6-7-12(18)8-14(11)19)10-16-21-15-5-3-2-4-13(15)17(20)22-16/h2-8H,9-10H2,1H3,(H2,20,21,22). The number of rotatable bonds is 4. The van der Waals surface area contributed by atoms with Gasteiger partial charge in [-0.2, -0.15) is 0 Å². The van der Waals surface area contributed by atoms with E-state index in [0.29, 0.717) is 30.3 Å². The van der Waals surface area contributed by atoms with Crippen LogP contribution in [0.1, 0.15) is 11.4 Å². The van der Waals surface area contributed by atoms with Gasteiger partial charge in [0.2, 0.25) is 0 Å². The van der Waals surface area contributed by atoms with Crippen LogP contribution in [-0.4, -0.2) is 21.9 Å². The number of hydrogen-bond acceptors (Lipinski definition) is 4. The summed E-state index contributed by atoms with van der Waals surface area (Å²) in [6.45, 7) is 0.730. The van der Waals surface area contributed by atoms with E-state index in [1.54, 1.807) is 0 Å². The van der Waals surface area contributed by atoms with Crippen molar-refractivity contribution in [1.29, 1.82) is 0 Å². The highest BCUT2D eigenvalue weighted by atomic mass is 19.1. The predicted octanol–water partition coefficient (Wildman–Crippen LogP) is 3.12. The Labute approximate surface area is 132 Å². The van der Waals surface area contributed by atoms with E-state index >= 15 is 0 Å². The van der Waals surface area contributed by atoms with Crippen molar-refractivity contribution in [2.24, 2.45) is 0 Å². The zero-order valence-corrected chi connectivity index (χ0v) is 12.6. The molecule has 0 fully saturated rings. The molecule has 0 aliphatic rings. The monoisotopic (exact) mass is 314 g/mol. The van der Waals surface area contributed by atoms with Crippen molar-refractivity contribution in [2.45, 2.75) is 13.1 Å². The maximum atomic E-state index is 13.7. The Morgan fingerprint density at radius 2 is 1.83 bits per heavy atom. The van der Waals surface area contributed by atoms with Gasteiger partial charge in [-0.1, -0.05) is 18.2 Å². The van der Waals surface area contributed by atoms with Crippen molar-refractivity contribution >= 4 is 16.7 Å². The van der Waals surface area contributed by atoms with Crippen LogP contribution in [0.15, 0.2) is 42.5 Å². The summed E-state index contributed by atoms with van der Waals surface area (Å²) in [6.07, 6.45) is 0. The van der Waals surface area contributed by atoms with E-state index in [-0.39, 0.29) is 0 Å². The number of nitrogens with two attached hydrogens (primary N) is 1. The molecule has 0 amide bonds. The second-order valence-corrected chi connectivity index (χ2v) is 5.45. The Hall–Kier alpha value is -2.60. The van der Waals surface area contributed by atoms with Crippen LogP contribution >= 0.6 is 0 Å². The third-order valence-electron chi connectivity index (χ3n) is 3.55. The van der Waals surface area contributed by atoms with E-state index in [4.69, 9.17) is 5.73 Å². The molecule has 0 saturated carbocycles. The van der Waals surface area contributed by atoms with Crippen LogP contribution in [0, 0.1) is 11.6 Å². The van der Waals surface area contributed by atoms with E-state index in [9.17, 15) is 8.78 Å². The van der Waals surface area contributed by atoms with Crippen LogP contribution in [0.5, 0.6) is 0 Å². The molecule has 0 aliphatic carbocycles. The fraction of sp³-hybridized carbons (Fsp3) is 0.176. The Morgan fingerprint density at radius 1 is 1.04 bits per heavy atom. The van der Waals surface area contributed by atoms with Crippen LogP contribution < -0.4 is 5.73 Å². The summed E-state index contributed by atoms with van der Waals surface area (Å²) in [5, 5.41) is 0.809. The average molecular weight is 314 g/mol. The molecule has 2 aromatic carbocycles. The fourth-order valence-electron chi connectivity index (χ4n) is 2.46. The topological polar surface area (TPSA) is 55.0 Å². The summed E-state index contributed by atoms with van der Waals surface area (Å²) < 4.78 is 26.6. The van der Waals surface area contributed by atoms with E-state index in [0.717, 1.165) is 17.0 Å². The van der Waals surface area contributed by atoms with Gasteiger partial charge in [-0.25, -0.2) is 18.7 Å². The lowest BCUT2D eigenvalue weighted by Crippen LogP contribution is -2.20. The number of fused-ring (bicyclic) bond motifs is 1. The maximum Gasteiger partial charge on any atom is 0.145 e. The van der Waals surface area contributed by atoms with Gasteiger partial charge >= 0.3 is 0 Å². The number of halogens is 2. The summed E-state index contributed by atoms with van der Waals surface area (Å²) in [5.74, 6) is -0.159. The van der Waals surface area contributed by atoms with Gasteiger partial charge in [-0.3, -0.25) is 4.90 Å². The largest absolute Gasteiger partial charge is 0.383 e. The first-order valence-corrected chi connectivity index (χ1v) is 7.16. The Bertz CT molecular complexity index is 851. The first-order valence-electron chi connectivity index (χ1n) is 7.16. The third-order valence-corrected chi connectivity index (χ3v) is 3.55. The van der Waals surface area contributed by atoms with Crippen molar-refractivity contribution in [3.63, 3.8) is 0 Å². The fourth-order valence-corrected chi connectivity index (χ4v) is 2.46. The molecule has 0 radical (unpaired) electrons. The van der Waals surface area contributed by atoms with Crippen molar-refractivity contribution < 1.29 is 8.78 Å². The minimum absolute atomic E-state index is 0.322. The molecular formula is C17H16F2N4. The first kappa shape index (κ1) is 15.3. The molecule has 3 aromatic rings. The minimum atomic E-state index is -0.584. The van der Waals surface area contributed by atoms with Crippen molar-refractivity contribution in [1.82, 2.24) is 14.9 Å². The molecule has 0 unspecified atom stereocenters. The molecular weight excluding hydrogens is 298 g/mol. The molecule has 23 heavy (non-hydrogen) atoms. The molecule has 118 valence electrons. The molecule has 6 heteroatoms. The SMILES string of the molecule is CN(Cc1nc(N)c2ccccc2n1)Cc1ccc(F)cc1F. The molecule has 2 N–H and O–H groups in total. The maximum absolute atomic E-state index is 13.7.